The number of aryl methyl sites for hydroxylation is 2. The van der Waals surface area contributed by atoms with Crippen LogP contribution in [0.4, 0.5) is 5.82 Å². The molecule has 0 radical (unpaired) electrons. The number of benzene rings is 1. The topological polar surface area (TPSA) is 72.3 Å². The molecule has 7 heteroatoms. The van der Waals surface area contributed by atoms with Crippen molar-refractivity contribution in [3.8, 4) is 11.3 Å². The van der Waals surface area contributed by atoms with E-state index in [-0.39, 0.29) is 11.5 Å². The van der Waals surface area contributed by atoms with E-state index in [0.29, 0.717) is 5.02 Å². The van der Waals surface area contributed by atoms with Crippen LogP contribution in [-0.2, 0) is 6.42 Å². The van der Waals surface area contributed by atoms with Crippen molar-refractivity contribution < 1.29 is 0 Å². The Morgan fingerprint density at radius 3 is 2.61 bits per heavy atom. The van der Waals surface area contributed by atoms with E-state index in [0.717, 1.165) is 66.3 Å². The minimum atomic E-state index is 0.111. The lowest BCUT2D eigenvalue weighted by molar-refractivity contribution is 0.187. The summed E-state index contributed by atoms with van der Waals surface area (Å²) in [6.45, 7) is 5.81. The van der Waals surface area contributed by atoms with Crippen LogP contribution in [0.1, 0.15) is 41.4 Å². The highest BCUT2D eigenvalue weighted by Crippen LogP contribution is 2.51. The third-order valence-corrected chi connectivity index (χ3v) is 8.15. The number of pyridine rings is 1. The number of piperidine rings is 1. The van der Waals surface area contributed by atoms with Gasteiger partial charge >= 0.3 is 0 Å². The first-order valence-electron chi connectivity index (χ1n) is 11.5. The summed E-state index contributed by atoms with van der Waals surface area (Å²) in [4.78, 5) is 11.8. The minimum absolute atomic E-state index is 0.111. The first kappa shape index (κ1) is 20.6. The van der Waals surface area contributed by atoms with Crippen molar-refractivity contribution in [3.05, 3.63) is 76.3 Å². The molecule has 2 aliphatic rings. The van der Waals surface area contributed by atoms with Gasteiger partial charge in [0, 0.05) is 30.9 Å². The summed E-state index contributed by atoms with van der Waals surface area (Å²) >= 11 is 6.62. The van der Waals surface area contributed by atoms with Crippen molar-refractivity contribution in [2.24, 2.45) is 11.1 Å². The van der Waals surface area contributed by atoms with Crippen LogP contribution in [0.3, 0.4) is 0 Å². The summed E-state index contributed by atoms with van der Waals surface area (Å²) in [5.41, 5.74) is 14.2. The van der Waals surface area contributed by atoms with Crippen LogP contribution in [-0.4, -0.2) is 32.7 Å². The van der Waals surface area contributed by atoms with Crippen molar-refractivity contribution in [3.63, 3.8) is 0 Å². The van der Waals surface area contributed by atoms with E-state index in [1.54, 1.807) is 6.20 Å². The van der Waals surface area contributed by atoms with Crippen molar-refractivity contribution >= 4 is 22.9 Å². The molecule has 1 aliphatic heterocycles. The molecule has 6 rings (SSSR count). The molecule has 2 N–H and O–H groups in total. The zero-order valence-electron chi connectivity index (χ0n) is 18.9. The van der Waals surface area contributed by atoms with E-state index in [2.05, 4.69) is 39.2 Å². The smallest absolute Gasteiger partial charge is 0.155 e. The number of hydrogen-bond acceptors (Lipinski definition) is 5. The first-order valence-corrected chi connectivity index (χ1v) is 11.9. The van der Waals surface area contributed by atoms with Crippen LogP contribution in [0.2, 0.25) is 5.02 Å². The molecular formula is C26H27ClN6. The van der Waals surface area contributed by atoms with Gasteiger partial charge in [-0.1, -0.05) is 35.9 Å². The number of halogens is 1. The quantitative estimate of drug-likeness (QED) is 0.462. The molecular weight excluding hydrogens is 432 g/mol. The van der Waals surface area contributed by atoms with Gasteiger partial charge in [-0.15, -0.1) is 0 Å². The van der Waals surface area contributed by atoms with Gasteiger partial charge in [-0.3, -0.25) is 4.98 Å². The third kappa shape index (κ3) is 3.08. The fourth-order valence-corrected chi connectivity index (χ4v) is 6.02. The van der Waals surface area contributed by atoms with Crippen molar-refractivity contribution in [1.82, 2.24) is 19.6 Å². The van der Waals surface area contributed by atoms with E-state index in [1.165, 1.54) is 11.1 Å². The van der Waals surface area contributed by atoms with Gasteiger partial charge in [0.15, 0.2) is 5.82 Å². The molecule has 0 unspecified atom stereocenters. The van der Waals surface area contributed by atoms with E-state index in [4.69, 9.17) is 22.3 Å². The number of hydrogen-bond donors (Lipinski definition) is 1. The van der Waals surface area contributed by atoms with E-state index in [1.807, 2.05) is 36.7 Å². The Hall–Kier alpha value is -2.96. The molecule has 0 bridgehead atoms. The number of aromatic nitrogens is 4. The summed E-state index contributed by atoms with van der Waals surface area (Å²) in [7, 11) is 0. The summed E-state index contributed by atoms with van der Waals surface area (Å²) in [5, 5.41) is 5.28. The van der Waals surface area contributed by atoms with E-state index >= 15 is 0 Å². The lowest BCUT2D eigenvalue weighted by Gasteiger charge is -2.42. The molecule has 1 atom stereocenters. The van der Waals surface area contributed by atoms with Crippen LogP contribution in [0.5, 0.6) is 0 Å². The number of nitrogens with zero attached hydrogens (tertiary/aromatic N) is 5. The number of fused-ring (bicyclic) bond motifs is 2. The average Bonchev–Trinajstić information content (AvgIpc) is 3.40. The van der Waals surface area contributed by atoms with Gasteiger partial charge in [0.1, 0.15) is 5.52 Å². The molecule has 4 heterocycles. The van der Waals surface area contributed by atoms with E-state index in [9.17, 15) is 0 Å². The van der Waals surface area contributed by atoms with Gasteiger partial charge in [0.05, 0.1) is 28.3 Å². The third-order valence-electron chi connectivity index (χ3n) is 7.67. The molecule has 1 aromatic carbocycles. The minimum Gasteiger partial charge on any atom is -0.355 e. The monoisotopic (exact) mass is 458 g/mol. The highest BCUT2D eigenvalue weighted by molar-refractivity contribution is 6.33. The van der Waals surface area contributed by atoms with E-state index < -0.39 is 0 Å². The van der Waals surface area contributed by atoms with Crippen molar-refractivity contribution in [1.29, 1.82) is 0 Å². The van der Waals surface area contributed by atoms with Crippen LogP contribution in [0.15, 0.2) is 48.8 Å². The molecule has 1 aliphatic carbocycles. The predicted molar refractivity (Wildman–Crippen MR) is 132 cm³/mol. The summed E-state index contributed by atoms with van der Waals surface area (Å²) in [6.07, 6.45) is 6.81. The van der Waals surface area contributed by atoms with Crippen molar-refractivity contribution in [2.75, 3.05) is 18.0 Å². The van der Waals surface area contributed by atoms with Gasteiger partial charge in [-0.25, -0.2) is 9.50 Å². The van der Waals surface area contributed by atoms with Gasteiger partial charge in [0.2, 0.25) is 0 Å². The Balaban J connectivity index is 1.34. The Bertz CT molecular complexity index is 1370. The maximum Gasteiger partial charge on any atom is 0.155 e. The molecule has 0 saturated carbocycles. The van der Waals surface area contributed by atoms with Gasteiger partial charge in [-0.2, -0.15) is 5.10 Å². The Kier molecular flexibility index (Phi) is 4.71. The Labute approximate surface area is 198 Å². The molecule has 1 saturated heterocycles. The highest BCUT2D eigenvalue weighted by Gasteiger charge is 2.46. The maximum absolute atomic E-state index is 6.78. The van der Waals surface area contributed by atoms with Crippen LogP contribution in [0, 0.1) is 19.3 Å². The molecule has 1 spiro atoms. The summed E-state index contributed by atoms with van der Waals surface area (Å²) < 4.78 is 1.97. The average molecular weight is 459 g/mol. The first-order chi connectivity index (χ1) is 16.0. The summed E-state index contributed by atoms with van der Waals surface area (Å²) in [5.74, 6) is 0.981. The van der Waals surface area contributed by atoms with Crippen molar-refractivity contribution in [2.45, 2.75) is 39.2 Å². The Morgan fingerprint density at radius 2 is 1.82 bits per heavy atom. The molecule has 3 aromatic heterocycles. The highest BCUT2D eigenvalue weighted by atomic mass is 35.5. The second kappa shape index (κ2) is 7.54. The van der Waals surface area contributed by atoms with Crippen LogP contribution < -0.4 is 10.6 Å². The molecule has 33 heavy (non-hydrogen) atoms. The van der Waals surface area contributed by atoms with Gasteiger partial charge in [0.25, 0.3) is 0 Å². The largest absolute Gasteiger partial charge is 0.355 e. The molecule has 6 nitrogen and oxygen atoms in total. The molecule has 168 valence electrons. The number of anilines is 1. The molecule has 1 fully saturated rings. The van der Waals surface area contributed by atoms with Crippen LogP contribution in [0.25, 0.3) is 16.8 Å². The van der Waals surface area contributed by atoms with Crippen LogP contribution >= 0.6 is 11.6 Å². The SMILES string of the molecule is Cc1nccc(-c2c(C)nc(N3CCC4(CC3)Cc3ccccc3[C@H]4N)c3ccnn23)c1Cl. The normalized spacial score (nSPS) is 19.4. The molecule has 0 amide bonds. The zero-order valence-corrected chi connectivity index (χ0v) is 19.7. The fraction of sp³-hybridized carbons (Fsp3) is 0.346. The second-order valence-electron chi connectivity index (χ2n) is 9.46. The maximum atomic E-state index is 6.78. The number of rotatable bonds is 2. The molecule has 4 aromatic rings. The summed E-state index contributed by atoms with van der Waals surface area (Å²) in [6, 6.07) is 12.8. The standard InChI is InChI=1S/C26H27ClN6/c1-16-22(27)20(7-11-29-16)23-17(2)31-25(21-8-12-30-33(21)23)32-13-9-26(10-14-32)15-18-5-3-4-6-19(18)24(26)28/h3-8,11-12,24H,9-10,13-15,28H2,1-2H3/t24-/m1/s1. The fourth-order valence-electron chi connectivity index (χ4n) is 5.82. The predicted octanol–water partition coefficient (Wildman–Crippen LogP) is 4.90. The lowest BCUT2D eigenvalue weighted by Crippen LogP contribution is -2.44. The zero-order chi connectivity index (χ0) is 22.7. The lowest BCUT2D eigenvalue weighted by atomic mass is 9.73. The van der Waals surface area contributed by atoms with Gasteiger partial charge < -0.3 is 10.6 Å². The Morgan fingerprint density at radius 1 is 1.03 bits per heavy atom. The van der Waals surface area contributed by atoms with Gasteiger partial charge in [-0.05, 0) is 61.8 Å². The second-order valence-corrected chi connectivity index (χ2v) is 9.84. The number of nitrogens with two attached hydrogens (primary N) is 1.